The third-order valence-corrected chi connectivity index (χ3v) is 5.29. The number of nitrogens with zero attached hydrogens (tertiary/aromatic N) is 5. The minimum Gasteiger partial charge on any atom is -0.483 e. The molecule has 0 aliphatic carbocycles. The molecule has 5 rings (SSSR count). The molecule has 1 amide bonds. The molecule has 2 aromatic carbocycles. The predicted molar refractivity (Wildman–Crippen MR) is 129 cm³/mol. The minimum atomic E-state index is -0.239. The van der Waals surface area contributed by atoms with Crippen LogP contribution in [0.2, 0.25) is 0 Å². The van der Waals surface area contributed by atoms with Gasteiger partial charge in [-0.3, -0.25) is 9.78 Å². The van der Waals surface area contributed by atoms with Gasteiger partial charge in [0.2, 0.25) is 5.82 Å². The number of carbonyl (C=O) groups excluding carboxylic acids is 1. The van der Waals surface area contributed by atoms with E-state index in [0.717, 1.165) is 16.7 Å². The number of aromatic nitrogens is 5. The van der Waals surface area contributed by atoms with Crippen LogP contribution in [0.25, 0.3) is 28.4 Å². The number of pyridine rings is 1. The van der Waals surface area contributed by atoms with Crippen molar-refractivity contribution in [2.45, 2.75) is 13.8 Å². The van der Waals surface area contributed by atoms with E-state index in [2.05, 4.69) is 20.5 Å². The number of carbonyl (C=O) groups is 1. The fraction of sp³-hybridized carbons (Fsp3) is 0.115. The largest absolute Gasteiger partial charge is 0.483 e. The molecule has 0 aliphatic heterocycles. The zero-order valence-corrected chi connectivity index (χ0v) is 18.8. The first-order valence-corrected chi connectivity index (χ1v) is 10.8. The Morgan fingerprint density at radius 3 is 2.68 bits per heavy atom. The molecule has 168 valence electrons. The van der Waals surface area contributed by atoms with Crippen molar-refractivity contribution in [1.29, 1.82) is 0 Å². The summed E-state index contributed by atoms with van der Waals surface area (Å²) in [4.78, 5) is 16.8. The number of hydrogen-bond donors (Lipinski definition) is 1. The van der Waals surface area contributed by atoms with Crippen LogP contribution in [0.15, 0.2) is 79.0 Å². The van der Waals surface area contributed by atoms with Crippen molar-refractivity contribution in [3.05, 3.63) is 90.1 Å². The molecule has 0 unspecified atom stereocenters. The van der Waals surface area contributed by atoms with Crippen LogP contribution in [-0.2, 0) is 4.79 Å². The molecule has 8 nitrogen and oxygen atoms in total. The fourth-order valence-electron chi connectivity index (χ4n) is 3.66. The van der Waals surface area contributed by atoms with E-state index in [1.807, 2.05) is 86.6 Å². The van der Waals surface area contributed by atoms with Gasteiger partial charge in [-0.2, -0.15) is 9.61 Å². The second-order valence-corrected chi connectivity index (χ2v) is 7.91. The van der Waals surface area contributed by atoms with Crippen LogP contribution < -0.4 is 10.1 Å². The zero-order valence-electron chi connectivity index (χ0n) is 18.8. The summed E-state index contributed by atoms with van der Waals surface area (Å²) in [6, 6.07) is 22.7. The Balaban J connectivity index is 1.34. The van der Waals surface area contributed by atoms with Crippen LogP contribution in [0.5, 0.6) is 5.75 Å². The SMILES string of the molecule is Cc1ccc(OCC(=O)Nc2cccc(-c3ccc4nnc(-c5ccccn5)n4n3)c2)c(C)c1. The van der Waals surface area contributed by atoms with E-state index in [1.165, 1.54) is 0 Å². The Kier molecular flexibility index (Phi) is 5.70. The van der Waals surface area contributed by atoms with Crippen molar-refractivity contribution in [2.75, 3.05) is 11.9 Å². The lowest BCUT2D eigenvalue weighted by Gasteiger charge is -2.11. The number of ether oxygens (including phenoxy) is 1. The molecule has 3 aromatic heterocycles. The lowest BCUT2D eigenvalue weighted by atomic mass is 10.1. The van der Waals surface area contributed by atoms with Gasteiger partial charge in [-0.1, -0.05) is 35.9 Å². The zero-order chi connectivity index (χ0) is 23.5. The van der Waals surface area contributed by atoms with Gasteiger partial charge in [0.1, 0.15) is 11.4 Å². The molecule has 34 heavy (non-hydrogen) atoms. The number of anilines is 1. The molecule has 0 radical (unpaired) electrons. The molecule has 3 heterocycles. The van der Waals surface area contributed by atoms with Gasteiger partial charge in [0.15, 0.2) is 12.3 Å². The summed E-state index contributed by atoms with van der Waals surface area (Å²) in [5, 5.41) is 16.0. The molecule has 0 atom stereocenters. The molecular weight excluding hydrogens is 428 g/mol. The maximum absolute atomic E-state index is 12.5. The number of benzene rings is 2. The highest BCUT2D eigenvalue weighted by atomic mass is 16.5. The molecule has 0 saturated heterocycles. The molecule has 1 N–H and O–H groups in total. The number of nitrogens with one attached hydrogen (secondary N) is 1. The normalized spacial score (nSPS) is 10.9. The Morgan fingerprint density at radius 1 is 0.941 bits per heavy atom. The van der Waals surface area contributed by atoms with E-state index >= 15 is 0 Å². The number of aryl methyl sites for hydroxylation is 2. The topological polar surface area (TPSA) is 94.3 Å². The maximum Gasteiger partial charge on any atom is 0.262 e. The highest BCUT2D eigenvalue weighted by Crippen LogP contribution is 2.23. The third-order valence-electron chi connectivity index (χ3n) is 5.29. The Labute approximate surface area is 196 Å². The van der Waals surface area contributed by atoms with Crippen molar-refractivity contribution in [3.63, 3.8) is 0 Å². The van der Waals surface area contributed by atoms with E-state index in [4.69, 9.17) is 9.84 Å². The summed E-state index contributed by atoms with van der Waals surface area (Å²) < 4.78 is 7.35. The van der Waals surface area contributed by atoms with E-state index in [-0.39, 0.29) is 12.5 Å². The standard InChI is InChI=1S/C26H22N6O2/c1-17-9-11-23(18(2)14-17)34-16-25(33)28-20-7-5-6-19(15-20)21-10-12-24-29-30-26(32(24)31-21)22-8-3-4-13-27-22/h3-15H,16H2,1-2H3,(H,28,33). The molecular formula is C26H22N6O2. The van der Waals surface area contributed by atoms with Crippen molar-refractivity contribution in [1.82, 2.24) is 24.8 Å². The Morgan fingerprint density at radius 2 is 1.85 bits per heavy atom. The average Bonchev–Trinajstić information content (AvgIpc) is 3.27. The van der Waals surface area contributed by atoms with Gasteiger partial charge in [-0.05, 0) is 61.9 Å². The molecule has 0 spiro atoms. The monoisotopic (exact) mass is 450 g/mol. The summed E-state index contributed by atoms with van der Waals surface area (Å²) in [5.41, 5.74) is 5.67. The van der Waals surface area contributed by atoms with Crippen LogP contribution in [0.3, 0.4) is 0 Å². The van der Waals surface area contributed by atoms with E-state index < -0.39 is 0 Å². The van der Waals surface area contributed by atoms with Crippen LogP contribution in [-0.4, -0.2) is 37.3 Å². The average molecular weight is 451 g/mol. The lowest BCUT2D eigenvalue weighted by molar-refractivity contribution is -0.118. The van der Waals surface area contributed by atoms with Gasteiger partial charge < -0.3 is 10.1 Å². The van der Waals surface area contributed by atoms with Crippen molar-refractivity contribution >= 4 is 17.2 Å². The van der Waals surface area contributed by atoms with E-state index in [0.29, 0.717) is 34.3 Å². The van der Waals surface area contributed by atoms with Gasteiger partial charge >= 0.3 is 0 Å². The molecule has 0 aliphatic rings. The quantitative estimate of drug-likeness (QED) is 0.410. The van der Waals surface area contributed by atoms with E-state index in [9.17, 15) is 4.79 Å². The van der Waals surface area contributed by atoms with Gasteiger partial charge in [0, 0.05) is 17.4 Å². The first-order valence-electron chi connectivity index (χ1n) is 10.8. The van der Waals surface area contributed by atoms with Crippen LogP contribution >= 0.6 is 0 Å². The summed E-state index contributed by atoms with van der Waals surface area (Å²) in [6.07, 6.45) is 1.70. The second kappa shape index (κ2) is 9.11. The highest BCUT2D eigenvalue weighted by Gasteiger charge is 2.12. The summed E-state index contributed by atoms with van der Waals surface area (Å²) in [6.45, 7) is 3.90. The first kappa shape index (κ1) is 21.3. The molecule has 5 aromatic rings. The van der Waals surface area contributed by atoms with Gasteiger partial charge in [-0.15, -0.1) is 10.2 Å². The number of amides is 1. The van der Waals surface area contributed by atoms with Crippen molar-refractivity contribution in [3.8, 4) is 28.5 Å². The number of rotatable bonds is 6. The smallest absolute Gasteiger partial charge is 0.262 e. The Bertz CT molecular complexity index is 1480. The number of fused-ring (bicyclic) bond motifs is 1. The van der Waals surface area contributed by atoms with Crippen molar-refractivity contribution < 1.29 is 9.53 Å². The van der Waals surface area contributed by atoms with Gasteiger partial charge in [0.25, 0.3) is 5.91 Å². The van der Waals surface area contributed by atoms with Crippen LogP contribution in [0.1, 0.15) is 11.1 Å². The second-order valence-electron chi connectivity index (χ2n) is 7.91. The van der Waals surface area contributed by atoms with Crippen LogP contribution in [0, 0.1) is 13.8 Å². The van der Waals surface area contributed by atoms with Crippen molar-refractivity contribution in [2.24, 2.45) is 0 Å². The van der Waals surface area contributed by atoms with Crippen LogP contribution in [0.4, 0.5) is 5.69 Å². The molecule has 0 fully saturated rings. The van der Waals surface area contributed by atoms with Gasteiger partial charge in [0.05, 0.1) is 5.69 Å². The molecule has 0 bridgehead atoms. The van der Waals surface area contributed by atoms with Gasteiger partial charge in [-0.25, -0.2) is 0 Å². The summed E-state index contributed by atoms with van der Waals surface area (Å²) in [7, 11) is 0. The molecule has 0 saturated carbocycles. The highest BCUT2D eigenvalue weighted by molar-refractivity contribution is 5.92. The summed E-state index contributed by atoms with van der Waals surface area (Å²) in [5.74, 6) is 1.02. The first-order chi connectivity index (χ1) is 16.6. The maximum atomic E-state index is 12.5. The lowest BCUT2D eigenvalue weighted by Crippen LogP contribution is -2.20. The van der Waals surface area contributed by atoms with E-state index in [1.54, 1.807) is 10.7 Å². The summed E-state index contributed by atoms with van der Waals surface area (Å²) >= 11 is 0. The minimum absolute atomic E-state index is 0.0769. The predicted octanol–water partition coefficient (Wildman–Crippen LogP) is 4.49. The third kappa shape index (κ3) is 4.47. The fourth-order valence-corrected chi connectivity index (χ4v) is 3.66. The molecule has 8 heteroatoms. The Hall–Kier alpha value is -4.59. The number of hydrogen-bond acceptors (Lipinski definition) is 6.